The van der Waals surface area contributed by atoms with Gasteiger partial charge in [-0.05, 0) is 17.2 Å². The highest BCUT2D eigenvalue weighted by Gasteiger charge is 2.34. The van der Waals surface area contributed by atoms with E-state index in [9.17, 15) is 35.1 Å². The van der Waals surface area contributed by atoms with Crippen molar-refractivity contribution in [3.63, 3.8) is 0 Å². The largest absolute Gasteiger partial charge is 0.357 e. The summed E-state index contributed by atoms with van der Waals surface area (Å²) in [5, 5.41) is 34.4. The van der Waals surface area contributed by atoms with Crippen molar-refractivity contribution in [1.29, 1.82) is 0 Å². The second-order valence-corrected chi connectivity index (χ2v) is 7.17. The van der Waals surface area contributed by atoms with Gasteiger partial charge in [-0.15, -0.1) is 4.73 Å². The first-order valence-electron chi connectivity index (χ1n) is 9.94. The molecule has 0 saturated heterocycles. The Morgan fingerprint density at radius 1 is 0.629 bits per heavy atom. The molecule has 0 N–H and O–H groups in total. The molecule has 4 rings (SSSR count). The molecule has 0 bridgehead atoms. The average Bonchev–Trinajstić information content (AvgIpc) is 2.85. The van der Waals surface area contributed by atoms with Crippen LogP contribution in [0.4, 0.5) is 17.1 Å². The molecule has 0 atom stereocenters. The summed E-state index contributed by atoms with van der Waals surface area (Å²) in [7, 11) is 0. The van der Waals surface area contributed by atoms with Crippen molar-refractivity contribution in [2.75, 3.05) is 0 Å². The molecular weight excluding hydrogens is 460 g/mol. The molecule has 35 heavy (non-hydrogen) atoms. The van der Waals surface area contributed by atoms with E-state index in [4.69, 9.17) is 4.84 Å². The van der Waals surface area contributed by atoms with Gasteiger partial charge in [0.25, 0.3) is 11.2 Å². The maximum absolute atomic E-state index is 13.1. The number of rotatable bonds is 7. The highest BCUT2D eigenvalue weighted by Crippen LogP contribution is 2.41. The van der Waals surface area contributed by atoms with Crippen LogP contribution in [0, 0.1) is 30.3 Å². The van der Waals surface area contributed by atoms with Crippen molar-refractivity contribution in [3.05, 3.63) is 126 Å². The minimum Gasteiger partial charge on any atom is -0.357 e. The summed E-state index contributed by atoms with van der Waals surface area (Å²) in [4.78, 5) is 50.0. The predicted octanol–water partition coefficient (Wildman–Crippen LogP) is 4.75. The van der Waals surface area contributed by atoms with Gasteiger partial charge < -0.3 is 4.84 Å². The van der Waals surface area contributed by atoms with Crippen LogP contribution in [0.3, 0.4) is 0 Å². The molecule has 0 aliphatic heterocycles. The Labute approximate surface area is 195 Å². The lowest BCUT2D eigenvalue weighted by Crippen LogP contribution is -2.26. The summed E-state index contributed by atoms with van der Waals surface area (Å²) >= 11 is 0. The molecule has 12 nitrogen and oxygen atoms in total. The number of nitro groups is 3. The lowest BCUT2D eigenvalue weighted by atomic mass is 10.0. The Hall–Kier alpha value is -5.39. The number of hydrogen-bond donors (Lipinski definition) is 0. The van der Waals surface area contributed by atoms with Gasteiger partial charge in [-0.2, -0.15) is 0 Å². The standard InChI is InChI=1S/C23H14N4O8/c28-22-12-17(15-7-3-1-4-8-15)11-19(16-9-5-2-6-10-16)24(22)35-23-20(26(31)32)13-18(25(29)30)14-21(23)27(33)34/h1-14H. The fourth-order valence-electron chi connectivity index (χ4n) is 3.40. The Bertz CT molecular complexity index is 1480. The van der Waals surface area contributed by atoms with Crippen LogP contribution >= 0.6 is 0 Å². The molecule has 0 aliphatic rings. The zero-order chi connectivity index (χ0) is 25.1. The fourth-order valence-corrected chi connectivity index (χ4v) is 3.40. The highest BCUT2D eigenvalue weighted by atomic mass is 16.7. The van der Waals surface area contributed by atoms with E-state index < -0.39 is 43.1 Å². The molecule has 0 fully saturated rings. The molecular formula is C23H14N4O8. The van der Waals surface area contributed by atoms with Gasteiger partial charge in [0.2, 0.25) is 0 Å². The van der Waals surface area contributed by atoms with Gasteiger partial charge in [0.15, 0.2) is 0 Å². The van der Waals surface area contributed by atoms with Gasteiger partial charge in [0, 0.05) is 11.6 Å². The molecule has 0 saturated carbocycles. The van der Waals surface area contributed by atoms with Crippen LogP contribution < -0.4 is 10.4 Å². The van der Waals surface area contributed by atoms with Gasteiger partial charge >= 0.3 is 17.1 Å². The van der Waals surface area contributed by atoms with Gasteiger partial charge in [0.05, 0.1) is 32.6 Å². The third kappa shape index (κ3) is 4.57. The van der Waals surface area contributed by atoms with Gasteiger partial charge in [0.1, 0.15) is 0 Å². The molecule has 1 heterocycles. The van der Waals surface area contributed by atoms with E-state index >= 15 is 0 Å². The molecule has 174 valence electrons. The van der Waals surface area contributed by atoms with E-state index in [-0.39, 0.29) is 5.69 Å². The van der Waals surface area contributed by atoms with E-state index in [1.807, 2.05) is 0 Å². The van der Waals surface area contributed by atoms with Crippen LogP contribution in [-0.2, 0) is 0 Å². The van der Waals surface area contributed by atoms with E-state index in [1.165, 1.54) is 6.07 Å². The predicted molar refractivity (Wildman–Crippen MR) is 124 cm³/mol. The molecule has 1 aromatic heterocycles. The van der Waals surface area contributed by atoms with Crippen LogP contribution in [0.25, 0.3) is 22.4 Å². The zero-order valence-corrected chi connectivity index (χ0v) is 17.6. The zero-order valence-electron chi connectivity index (χ0n) is 17.6. The van der Waals surface area contributed by atoms with Crippen molar-refractivity contribution in [2.45, 2.75) is 0 Å². The van der Waals surface area contributed by atoms with Crippen LogP contribution in [0.15, 0.2) is 89.7 Å². The van der Waals surface area contributed by atoms with Crippen molar-refractivity contribution < 1.29 is 19.6 Å². The first-order chi connectivity index (χ1) is 16.8. The maximum atomic E-state index is 13.1. The third-order valence-electron chi connectivity index (χ3n) is 4.99. The molecule has 0 radical (unpaired) electrons. The average molecular weight is 474 g/mol. The Kier molecular flexibility index (Phi) is 6.01. The SMILES string of the molecule is O=c1cc(-c2ccccc2)cc(-c2ccccc2)n1Oc1c([N+](=O)[O-])cc([N+](=O)[O-])cc1[N+](=O)[O-]. The summed E-state index contributed by atoms with van der Waals surface area (Å²) in [5.74, 6) is -0.919. The minimum absolute atomic E-state index is 0.152. The number of pyridine rings is 1. The molecule has 3 aromatic carbocycles. The maximum Gasteiger partial charge on any atom is 0.328 e. The van der Waals surface area contributed by atoms with Crippen molar-refractivity contribution in [1.82, 2.24) is 4.73 Å². The van der Waals surface area contributed by atoms with Gasteiger partial charge in [-0.1, -0.05) is 60.7 Å². The Balaban J connectivity index is 1.98. The topological polar surface area (TPSA) is 161 Å². The van der Waals surface area contributed by atoms with E-state index in [1.54, 1.807) is 66.7 Å². The van der Waals surface area contributed by atoms with Crippen LogP contribution in [0.2, 0.25) is 0 Å². The van der Waals surface area contributed by atoms with Crippen molar-refractivity contribution >= 4 is 17.1 Å². The Morgan fingerprint density at radius 3 is 1.63 bits per heavy atom. The summed E-state index contributed by atoms with van der Waals surface area (Å²) in [6, 6.07) is 21.2. The second kappa shape index (κ2) is 9.23. The van der Waals surface area contributed by atoms with Crippen molar-refractivity contribution in [3.8, 4) is 28.1 Å². The molecule has 0 unspecified atom stereocenters. The Morgan fingerprint density at radius 2 is 1.14 bits per heavy atom. The van der Waals surface area contributed by atoms with E-state index in [0.29, 0.717) is 33.6 Å². The van der Waals surface area contributed by atoms with Gasteiger partial charge in [-0.3, -0.25) is 35.1 Å². The lowest BCUT2D eigenvalue weighted by Gasteiger charge is -2.15. The molecule has 0 aliphatic carbocycles. The third-order valence-corrected chi connectivity index (χ3v) is 4.99. The summed E-state index contributed by atoms with van der Waals surface area (Å²) in [6.07, 6.45) is 0. The van der Waals surface area contributed by atoms with Crippen LogP contribution in [-0.4, -0.2) is 19.5 Å². The summed E-state index contributed by atoms with van der Waals surface area (Å²) in [5.41, 5.74) is -1.86. The highest BCUT2D eigenvalue weighted by molar-refractivity contribution is 5.71. The van der Waals surface area contributed by atoms with E-state index in [2.05, 4.69) is 0 Å². The molecule has 0 amide bonds. The lowest BCUT2D eigenvalue weighted by molar-refractivity contribution is -0.404. The number of aromatic nitrogens is 1. The number of hydrogen-bond acceptors (Lipinski definition) is 8. The monoisotopic (exact) mass is 474 g/mol. The van der Waals surface area contributed by atoms with Crippen LogP contribution in [0.5, 0.6) is 5.75 Å². The first-order valence-corrected chi connectivity index (χ1v) is 9.94. The fraction of sp³-hybridized carbons (Fsp3) is 0. The molecule has 0 spiro atoms. The smallest absolute Gasteiger partial charge is 0.328 e. The van der Waals surface area contributed by atoms with Gasteiger partial charge in [-0.25, -0.2) is 0 Å². The normalized spacial score (nSPS) is 10.5. The first kappa shape index (κ1) is 22.8. The summed E-state index contributed by atoms with van der Waals surface area (Å²) < 4.78 is 0.683. The molecule has 4 aromatic rings. The van der Waals surface area contributed by atoms with E-state index in [0.717, 1.165) is 0 Å². The minimum atomic E-state index is -1.05. The van der Waals surface area contributed by atoms with Crippen LogP contribution in [0.1, 0.15) is 0 Å². The quantitative estimate of drug-likeness (QED) is 0.274. The number of non-ortho nitro benzene ring substituents is 1. The molecule has 12 heteroatoms. The number of benzene rings is 3. The summed E-state index contributed by atoms with van der Waals surface area (Å²) in [6.45, 7) is 0. The van der Waals surface area contributed by atoms with Crippen molar-refractivity contribution in [2.24, 2.45) is 0 Å². The number of nitrogens with zero attached hydrogens (tertiary/aromatic N) is 4. The number of nitro benzene ring substituents is 3. The second-order valence-electron chi connectivity index (χ2n) is 7.17.